The third-order valence-corrected chi connectivity index (χ3v) is 3.18. The number of furan rings is 1. The average molecular weight is 247 g/mol. The van der Waals surface area contributed by atoms with Crippen molar-refractivity contribution in [3.8, 4) is 5.75 Å². The highest BCUT2D eigenvalue weighted by atomic mass is 16.5. The second kappa shape index (κ2) is 5.44. The third-order valence-electron chi connectivity index (χ3n) is 3.18. The van der Waals surface area contributed by atoms with E-state index in [9.17, 15) is 0 Å². The van der Waals surface area contributed by atoms with Crippen molar-refractivity contribution < 1.29 is 9.15 Å². The summed E-state index contributed by atoms with van der Waals surface area (Å²) >= 11 is 0. The molecule has 1 N–H and O–H groups in total. The number of hydrogen-bond donors (Lipinski definition) is 1. The van der Waals surface area contributed by atoms with E-state index in [-0.39, 0.29) is 0 Å². The standard InChI is InChI=1S/C15H21NO2/c1-5-6-16-9-14-11(3)12-7-10(2)8-13(17-4)15(12)18-14/h7-8,16H,5-6,9H2,1-4H3. The molecule has 0 spiro atoms. The Hall–Kier alpha value is -1.48. The lowest BCUT2D eigenvalue weighted by molar-refractivity contribution is 0.405. The molecule has 18 heavy (non-hydrogen) atoms. The Morgan fingerprint density at radius 3 is 2.72 bits per heavy atom. The molecule has 0 bridgehead atoms. The fraction of sp³-hybridized carbons (Fsp3) is 0.467. The summed E-state index contributed by atoms with van der Waals surface area (Å²) in [7, 11) is 1.68. The van der Waals surface area contributed by atoms with Crippen molar-refractivity contribution in [1.29, 1.82) is 0 Å². The topological polar surface area (TPSA) is 34.4 Å². The minimum Gasteiger partial charge on any atom is -0.493 e. The first-order valence-electron chi connectivity index (χ1n) is 6.44. The molecule has 1 heterocycles. The van der Waals surface area contributed by atoms with Gasteiger partial charge < -0.3 is 14.5 Å². The number of aryl methyl sites for hydroxylation is 2. The van der Waals surface area contributed by atoms with Crippen molar-refractivity contribution in [2.24, 2.45) is 0 Å². The van der Waals surface area contributed by atoms with Crippen LogP contribution in [0.1, 0.15) is 30.2 Å². The Labute approximate surface area is 108 Å². The molecular weight excluding hydrogens is 226 g/mol. The highest BCUT2D eigenvalue weighted by molar-refractivity contribution is 5.87. The lowest BCUT2D eigenvalue weighted by atomic mass is 10.1. The zero-order valence-electron chi connectivity index (χ0n) is 11.6. The van der Waals surface area contributed by atoms with Crippen LogP contribution in [-0.2, 0) is 6.54 Å². The van der Waals surface area contributed by atoms with Gasteiger partial charge in [0.25, 0.3) is 0 Å². The van der Waals surface area contributed by atoms with Crippen LogP contribution in [0.3, 0.4) is 0 Å². The fourth-order valence-electron chi connectivity index (χ4n) is 2.17. The fourth-order valence-corrected chi connectivity index (χ4v) is 2.17. The van der Waals surface area contributed by atoms with E-state index in [1.807, 2.05) is 6.07 Å². The molecule has 0 radical (unpaired) electrons. The lowest BCUT2D eigenvalue weighted by Crippen LogP contribution is -2.13. The zero-order valence-corrected chi connectivity index (χ0v) is 11.6. The summed E-state index contributed by atoms with van der Waals surface area (Å²) in [5.74, 6) is 1.82. The van der Waals surface area contributed by atoms with Gasteiger partial charge in [-0.1, -0.05) is 6.92 Å². The van der Waals surface area contributed by atoms with Crippen molar-refractivity contribution in [2.75, 3.05) is 13.7 Å². The van der Waals surface area contributed by atoms with E-state index < -0.39 is 0 Å². The van der Waals surface area contributed by atoms with Crippen molar-refractivity contribution >= 4 is 11.0 Å². The molecule has 0 fully saturated rings. The van der Waals surface area contributed by atoms with E-state index in [0.29, 0.717) is 0 Å². The number of methoxy groups -OCH3 is 1. The van der Waals surface area contributed by atoms with Crippen LogP contribution in [0.25, 0.3) is 11.0 Å². The quantitative estimate of drug-likeness (QED) is 0.820. The van der Waals surface area contributed by atoms with Gasteiger partial charge in [-0.3, -0.25) is 0 Å². The van der Waals surface area contributed by atoms with Gasteiger partial charge in [0.1, 0.15) is 5.76 Å². The molecule has 2 rings (SSSR count). The molecule has 98 valence electrons. The van der Waals surface area contributed by atoms with Crippen LogP contribution in [-0.4, -0.2) is 13.7 Å². The normalized spacial score (nSPS) is 11.1. The van der Waals surface area contributed by atoms with Gasteiger partial charge >= 0.3 is 0 Å². The minimum absolute atomic E-state index is 0.774. The lowest BCUT2D eigenvalue weighted by Gasteiger charge is -2.01. The molecule has 0 aliphatic carbocycles. The Balaban J connectivity index is 2.42. The van der Waals surface area contributed by atoms with Crippen LogP contribution in [0, 0.1) is 13.8 Å². The highest BCUT2D eigenvalue weighted by Crippen LogP contribution is 2.33. The summed E-state index contributed by atoms with van der Waals surface area (Å²) in [6, 6.07) is 4.16. The van der Waals surface area contributed by atoms with Crippen LogP contribution < -0.4 is 10.1 Å². The van der Waals surface area contributed by atoms with Crippen LogP contribution >= 0.6 is 0 Å². The summed E-state index contributed by atoms with van der Waals surface area (Å²) in [5.41, 5.74) is 3.25. The molecule has 1 aromatic heterocycles. The molecule has 0 atom stereocenters. The molecule has 0 saturated heterocycles. The molecule has 0 amide bonds. The molecule has 3 nitrogen and oxygen atoms in total. The predicted molar refractivity (Wildman–Crippen MR) is 74.2 cm³/mol. The summed E-state index contributed by atoms with van der Waals surface area (Å²) < 4.78 is 11.3. The van der Waals surface area contributed by atoms with E-state index in [1.54, 1.807) is 7.11 Å². The number of benzene rings is 1. The number of ether oxygens (including phenoxy) is 1. The van der Waals surface area contributed by atoms with Crippen molar-refractivity contribution in [3.63, 3.8) is 0 Å². The SMILES string of the molecule is CCCNCc1oc2c(OC)cc(C)cc2c1C. The van der Waals surface area contributed by atoms with Gasteiger partial charge in [0.15, 0.2) is 11.3 Å². The van der Waals surface area contributed by atoms with Gasteiger partial charge in [-0.05, 0) is 50.1 Å². The summed E-state index contributed by atoms with van der Waals surface area (Å²) in [6.07, 6.45) is 1.13. The first-order valence-corrected chi connectivity index (χ1v) is 6.44. The van der Waals surface area contributed by atoms with Crippen LogP contribution in [0.4, 0.5) is 0 Å². The number of fused-ring (bicyclic) bond motifs is 1. The molecular formula is C15H21NO2. The first-order chi connectivity index (χ1) is 8.67. The maximum atomic E-state index is 5.93. The number of rotatable bonds is 5. The molecule has 0 aliphatic heterocycles. The average Bonchev–Trinajstić information content (AvgIpc) is 2.67. The van der Waals surface area contributed by atoms with Gasteiger partial charge in [0.2, 0.25) is 0 Å². The first kappa shape index (κ1) is 13.0. The predicted octanol–water partition coefficient (Wildman–Crippen LogP) is 3.56. The van der Waals surface area contributed by atoms with Crippen LogP contribution in [0.5, 0.6) is 5.75 Å². The third kappa shape index (κ3) is 2.36. The molecule has 2 aromatic rings. The summed E-state index contributed by atoms with van der Waals surface area (Å²) in [5, 5.41) is 4.52. The van der Waals surface area contributed by atoms with Crippen LogP contribution in [0.15, 0.2) is 16.5 Å². The smallest absolute Gasteiger partial charge is 0.176 e. The van der Waals surface area contributed by atoms with E-state index in [4.69, 9.17) is 9.15 Å². The second-order valence-electron chi connectivity index (χ2n) is 4.67. The van der Waals surface area contributed by atoms with Crippen molar-refractivity contribution in [2.45, 2.75) is 33.7 Å². The van der Waals surface area contributed by atoms with Crippen molar-refractivity contribution in [3.05, 3.63) is 29.0 Å². The molecule has 0 unspecified atom stereocenters. The molecule has 1 aromatic carbocycles. The Bertz CT molecular complexity index is 543. The van der Waals surface area contributed by atoms with Gasteiger partial charge in [-0.15, -0.1) is 0 Å². The number of nitrogens with one attached hydrogen (secondary N) is 1. The minimum atomic E-state index is 0.774. The van der Waals surface area contributed by atoms with Crippen molar-refractivity contribution in [1.82, 2.24) is 5.32 Å². The van der Waals surface area contributed by atoms with Gasteiger partial charge in [-0.2, -0.15) is 0 Å². The van der Waals surface area contributed by atoms with Gasteiger partial charge in [-0.25, -0.2) is 0 Å². The van der Waals surface area contributed by atoms with Crippen LogP contribution in [0.2, 0.25) is 0 Å². The van der Waals surface area contributed by atoms with E-state index in [1.165, 1.54) is 11.1 Å². The second-order valence-corrected chi connectivity index (χ2v) is 4.67. The molecule has 0 aliphatic rings. The van der Waals surface area contributed by atoms with Gasteiger partial charge in [0, 0.05) is 5.39 Å². The zero-order chi connectivity index (χ0) is 13.1. The maximum absolute atomic E-state index is 5.93. The Morgan fingerprint density at radius 2 is 2.06 bits per heavy atom. The van der Waals surface area contributed by atoms with E-state index >= 15 is 0 Å². The summed E-state index contributed by atoms with van der Waals surface area (Å²) in [6.45, 7) is 8.12. The van der Waals surface area contributed by atoms with E-state index in [2.05, 4.69) is 32.2 Å². The largest absolute Gasteiger partial charge is 0.493 e. The Morgan fingerprint density at radius 1 is 1.28 bits per heavy atom. The monoisotopic (exact) mass is 247 g/mol. The summed E-state index contributed by atoms with van der Waals surface area (Å²) in [4.78, 5) is 0. The van der Waals surface area contributed by atoms with Gasteiger partial charge in [0.05, 0.1) is 13.7 Å². The maximum Gasteiger partial charge on any atom is 0.176 e. The number of hydrogen-bond acceptors (Lipinski definition) is 3. The molecule has 0 saturated carbocycles. The Kier molecular flexibility index (Phi) is 3.92. The van der Waals surface area contributed by atoms with E-state index in [0.717, 1.165) is 42.0 Å². The highest BCUT2D eigenvalue weighted by Gasteiger charge is 2.14. The molecule has 3 heteroatoms.